The first-order valence-electron chi connectivity index (χ1n) is 8.59. The normalized spacial score (nSPS) is 12.0. The molecule has 26 heavy (non-hydrogen) atoms. The molecule has 1 amide bonds. The van der Waals surface area contributed by atoms with Gasteiger partial charge in [0.15, 0.2) is 5.65 Å². The molecule has 0 N–H and O–H groups in total. The number of rotatable bonds is 3. The van der Waals surface area contributed by atoms with Crippen molar-refractivity contribution in [3.05, 3.63) is 35.3 Å². The molecule has 0 saturated carbocycles. The van der Waals surface area contributed by atoms with Gasteiger partial charge in [0.2, 0.25) is 0 Å². The van der Waals surface area contributed by atoms with Gasteiger partial charge < -0.3 is 4.74 Å². The molecule has 0 aromatic carbocycles. The van der Waals surface area contributed by atoms with E-state index < -0.39 is 11.7 Å². The van der Waals surface area contributed by atoms with Crippen molar-refractivity contribution in [3.8, 4) is 10.6 Å². The predicted molar refractivity (Wildman–Crippen MR) is 105 cm³/mol. The highest BCUT2D eigenvalue weighted by Gasteiger charge is 2.28. The summed E-state index contributed by atoms with van der Waals surface area (Å²) in [5.41, 5.74) is 0.937. The van der Waals surface area contributed by atoms with Gasteiger partial charge in [0.25, 0.3) is 0 Å². The van der Waals surface area contributed by atoms with Gasteiger partial charge in [-0.2, -0.15) is 9.61 Å². The highest BCUT2D eigenvalue weighted by atomic mass is 32.1. The molecule has 0 saturated heterocycles. The zero-order chi connectivity index (χ0) is 19.1. The number of anilines is 1. The van der Waals surface area contributed by atoms with Crippen LogP contribution in [0.3, 0.4) is 0 Å². The van der Waals surface area contributed by atoms with Crippen LogP contribution in [0.25, 0.3) is 16.2 Å². The fourth-order valence-electron chi connectivity index (χ4n) is 2.65. The molecule has 3 aromatic heterocycles. The highest BCUT2D eigenvalue weighted by Crippen LogP contribution is 2.31. The molecule has 3 aromatic rings. The smallest absolute Gasteiger partial charge is 0.416 e. The van der Waals surface area contributed by atoms with Crippen LogP contribution in [-0.4, -0.2) is 32.3 Å². The number of carbonyl (C=O) groups excluding carboxylic acids is 1. The lowest BCUT2D eigenvalue weighted by atomic mass is 10.2. The van der Waals surface area contributed by atoms with E-state index in [2.05, 4.69) is 23.1 Å². The van der Waals surface area contributed by atoms with Crippen LogP contribution < -0.4 is 4.90 Å². The summed E-state index contributed by atoms with van der Waals surface area (Å²) >= 11 is 1.67. The monoisotopic (exact) mass is 372 g/mol. The average molecular weight is 372 g/mol. The quantitative estimate of drug-likeness (QED) is 0.655. The number of aryl methyl sites for hydroxylation is 1. The summed E-state index contributed by atoms with van der Waals surface area (Å²) in [4.78, 5) is 21.4. The number of nitrogens with zero attached hydrogens (tertiary/aromatic N) is 4. The number of carbonyl (C=O) groups is 1. The van der Waals surface area contributed by atoms with Gasteiger partial charge in [-0.15, -0.1) is 11.3 Å². The van der Waals surface area contributed by atoms with Crippen molar-refractivity contribution in [1.29, 1.82) is 0 Å². The second-order valence-electron chi connectivity index (χ2n) is 7.46. The first-order valence-corrected chi connectivity index (χ1v) is 9.41. The molecule has 0 aliphatic heterocycles. The van der Waals surface area contributed by atoms with Gasteiger partial charge >= 0.3 is 6.09 Å². The summed E-state index contributed by atoms with van der Waals surface area (Å²) in [6, 6.07) is 7.75. The number of hydrogen-bond donors (Lipinski definition) is 0. The van der Waals surface area contributed by atoms with Crippen LogP contribution in [0.4, 0.5) is 10.6 Å². The van der Waals surface area contributed by atoms with E-state index in [-0.39, 0.29) is 6.04 Å². The molecule has 0 aliphatic carbocycles. The van der Waals surface area contributed by atoms with Gasteiger partial charge in [0, 0.05) is 23.1 Å². The van der Waals surface area contributed by atoms with Crippen molar-refractivity contribution in [1.82, 2.24) is 14.6 Å². The predicted octanol–water partition coefficient (Wildman–Crippen LogP) is 4.92. The third-order valence-corrected chi connectivity index (χ3v) is 4.71. The number of hydrogen-bond acceptors (Lipinski definition) is 5. The molecule has 0 radical (unpaired) electrons. The SMILES string of the molecule is Cc1ccc(-c2cc(N(C(=O)OC(C)(C)C)C(C)C)n3nccc3n2)s1. The summed E-state index contributed by atoms with van der Waals surface area (Å²) in [6.07, 6.45) is 1.28. The number of aromatic nitrogens is 3. The molecule has 0 unspecified atom stereocenters. The van der Waals surface area contributed by atoms with Crippen LogP contribution in [-0.2, 0) is 4.74 Å². The fraction of sp³-hybridized carbons (Fsp3) is 0.421. The third-order valence-electron chi connectivity index (χ3n) is 3.69. The second-order valence-corrected chi connectivity index (χ2v) is 8.74. The molecule has 0 bridgehead atoms. The molecule has 7 heteroatoms. The number of thiophene rings is 1. The first-order chi connectivity index (χ1) is 12.2. The highest BCUT2D eigenvalue weighted by molar-refractivity contribution is 7.15. The standard InChI is InChI=1S/C19H24N4O2S/c1-12(2)22(18(24)25-19(4,5)6)17-11-14(15-8-7-13(3)26-15)21-16-9-10-20-23(16)17/h7-12H,1-6H3. The lowest BCUT2D eigenvalue weighted by molar-refractivity contribution is 0.0568. The van der Waals surface area contributed by atoms with Gasteiger partial charge in [-0.25, -0.2) is 9.78 Å². The van der Waals surface area contributed by atoms with Crippen molar-refractivity contribution in [2.75, 3.05) is 4.90 Å². The lowest BCUT2D eigenvalue weighted by Crippen LogP contribution is -2.42. The Bertz CT molecular complexity index is 937. The van der Waals surface area contributed by atoms with Gasteiger partial charge in [-0.05, 0) is 53.7 Å². The number of fused-ring (bicyclic) bond motifs is 1. The van der Waals surface area contributed by atoms with E-state index in [1.165, 1.54) is 4.88 Å². The van der Waals surface area contributed by atoms with Gasteiger partial charge in [0.05, 0.1) is 16.8 Å². The Kier molecular flexibility index (Phi) is 4.75. The van der Waals surface area contributed by atoms with Crippen molar-refractivity contribution in [2.45, 2.75) is 53.2 Å². The molecule has 0 atom stereocenters. The van der Waals surface area contributed by atoms with Crippen molar-refractivity contribution in [2.24, 2.45) is 0 Å². The Balaban J connectivity index is 2.14. The summed E-state index contributed by atoms with van der Waals surface area (Å²) < 4.78 is 7.29. The molecule has 3 rings (SSSR count). The Labute approximate surface area is 157 Å². The average Bonchev–Trinajstić information content (AvgIpc) is 3.13. The maximum atomic E-state index is 12.9. The minimum atomic E-state index is -0.575. The summed E-state index contributed by atoms with van der Waals surface area (Å²) in [5, 5.41) is 4.35. The summed E-state index contributed by atoms with van der Waals surface area (Å²) in [5.74, 6) is 0.644. The van der Waals surface area contributed by atoms with E-state index in [0.717, 1.165) is 10.6 Å². The topological polar surface area (TPSA) is 59.7 Å². The molecular formula is C19H24N4O2S. The van der Waals surface area contributed by atoms with Gasteiger partial charge in [-0.1, -0.05) is 0 Å². The second kappa shape index (κ2) is 6.72. The van der Waals surface area contributed by atoms with Crippen LogP contribution >= 0.6 is 11.3 Å². The molecule has 3 heterocycles. The van der Waals surface area contributed by atoms with E-state index in [1.807, 2.05) is 52.8 Å². The van der Waals surface area contributed by atoms with Crippen LogP contribution in [0.5, 0.6) is 0 Å². The zero-order valence-electron chi connectivity index (χ0n) is 16.0. The van der Waals surface area contributed by atoms with Gasteiger partial charge in [-0.3, -0.25) is 4.90 Å². The van der Waals surface area contributed by atoms with E-state index in [1.54, 1.807) is 26.9 Å². The van der Waals surface area contributed by atoms with Crippen LogP contribution in [0.15, 0.2) is 30.5 Å². The summed E-state index contributed by atoms with van der Waals surface area (Å²) in [6.45, 7) is 11.6. The minimum Gasteiger partial charge on any atom is -0.443 e. The Morgan fingerprint density at radius 2 is 2.00 bits per heavy atom. The number of ether oxygens (including phenoxy) is 1. The number of amides is 1. The summed E-state index contributed by atoms with van der Waals surface area (Å²) in [7, 11) is 0. The van der Waals surface area contributed by atoms with Gasteiger partial charge in [0.1, 0.15) is 11.4 Å². The lowest BCUT2D eigenvalue weighted by Gasteiger charge is -2.30. The Morgan fingerprint density at radius 1 is 1.27 bits per heavy atom. The first kappa shape index (κ1) is 18.4. The molecule has 0 aliphatic rings. The van der Waals surface area contributed by atoms with Crippen molar-refractivity contribution in [3.63, 3.8) is 0 Å². The zero-order valence-corrected chi connectivity index (χ0v) is 16.8. The van der Waals surface area contributed by atoms with Crippen molar-refractivity contribution >= 4 is 28.9 Å². The van der Waals surface area contributed by atoms with Crippen LogP contribution in [0.2, 0.25) is 0 Å². The van der Waals surface area contributed by atoms with E-state index in [9.17, 15) is 4.79 Å². The maximum absolute atomic E-state index is 12.9. The largest absolute Gasteiger partial charge is 0.443 e. The van der Waals surface area contributed by atoms with E-state index in [4.69, 9.17) is 4.74 Å². The minimum absolute atomic E-state index is 0.0995. The molecule has 0 spiro atoms. The van der Waals surface area contributed by atoms with Crippen LogP contribution in [0, 0.1) is 6.92 Å². The van der Waals surface area contributed by atoms with Crippen molar-refractivity contribution < 1.29 is 9.53 Å². The molecule has 0 fully saturated rings. The van der Waals surface area contributed by atoms with Crippen LogP contribution in [0.1, 0.15) is 39.5 Å². The Morgan fingerprint density at radius 3 is 2.58 bits per heavy atom. The van der Waals surface area contributed by atoms with E-state index in [0.29, 0.717) is 11.5 Å². The third kappa shape index (κ3) is 3.72. The molecule has 138 valence electrons. The van der Waals surface area contributed by atoms with E-state index >= 15 is 0 Å². The molecule has 6 nitrogen and oxygen atoms in total. The fourth-order valence-corrected chi connectivity index (χ4v) is 3.47. The molecular weight excluding hydrogens is 348 g/mol. The maximum Gasteiger partial charge on any atom is 0.416 e. The Hall–Kier alpha value is -2.41.